The number of carbonyl (C=O) groups is 1. The molecule has 1 aromatic rings. The van der Waals surface area contributed by atoms with Crippen LogP contribution in [0.5, 0.6) is 0 Å². The van der Waals surface area contributed by atoms with Gasteiger partial charge in [0.2, 0.25) is 5.91 Å². The lowest BCUT2D eigenvalue weighted by atomic mass is 9.95. The van der Waals surface area contributed by atoms with Gasteiger partial charge in [0.15, 0.2) is 0 Å². The second-order valence-electron chi connectivity index (χ2n) is 6.79. The van der Waals surface area contributed by atoms with Crippen molar-refractivity contribution < 1.29 is 9.53 Å². The van der Waals surface area contributed by atoms with Crippen LogP contribution >= 0.6 is 0 Å². The molecule has 0 N–H and O–H groups in total. The van der Waals surface area contributed by atoms with E-state index in [9.17, 15) is 4.79 Å². The van der Waals surface area contributed by atoms with Crippen LogP contribution in [0, 0.1) is 12.8 Å². The first kappa shape index (κ1) is 18.0. The van der Waals surface area contributed by atoms with Crippen molar-refractivity contribution in [3.63, 3.8) is 0 Å². The van der Waals surface area contributed by atoms with E-state index in [1.165, 1.54) is 17.5 Å². The Morgan fingerprint density at radius 3 is 2.78 bits per heavy atom. The second-order valence-corrected chi connectivity index (χ2v) is 6.79. The summed E-state index contributed by atoms with van der Waals surface area (Å²) in [4.78, 5) is 16.7. The number of benzene rings is 1. The topological polar surface area (TPSA) is 32.8 Å². The normalized spacial score (nSPS) is 18.4. The summed E-state index contributed by atoms with van der Waals surface area (Å²) < 4.78 is 5.17. The lowest BCUT2D eigenvalue weighted by Gasteiger charge is -2.33. The van der Waals surface area contributed by atoms with Crippen LogP contribution in [-0.2, 0) is 16.1 Å². The molecule has 0 bridgehead atoms. The minimum Gasteiger partial charge on any atom is -0.385 e. The number of rotatable bonds is 7. The standard InChI is InChI=1S/C19H30N2O2/c1-16-6-8-18(9-7-16)13-20(2)15-19(22)21-11-4-5-17(14-21)10-12-23-3/h6-9,17H,4-5,10-15H2,1-3H3/t17-/m1/s1. The molecule has 1 fully saturated rings. The van der Waals surface area contributed by atoms with E-state index >= 15 is 0 Å². The number of hydrogen-bond donors (Lipinski definition) is 0. The molecule has 1 aliphatic heterocycles. The summed E-state index contributed by atoms with van der Waals surface area (Å²) >= 11 is 0. The molecule has 23 heavy (non-hydrogen) atoms. The van der Waals surface area contributed by atoms with Crippen molar-refractivity contribution in [2.24, 2.45) is 5.92 Å². The smallest absolute Gasteiger partial charge is 0.236 e. The summed E-state index contributed by atoms with van der Waals surface area (Å²) in [5.74, 6) is 0.844. The first-order valence-corrected chi connectivity index (χ1v) is 8.59. The average molecular weight is 318 g/mol. The number of amides is 1. The van der Waals surface area contributed by atoms with E-state index in [-0.39, 0.29) is 5.91 Å². The number of hydrogen-bond acceptors (Lipinski definition) is 3. The summed E-state index contributed by atoms with van der Waals surface area (Å²) in [5.41, 5.74) is 2.52. The van der Waals surface area contributed by atoms with E-state index in [4.69, 9.17) is 4.74 Å². The molecule has 4 nitrogen and oxygen atoms in total. The van der Waals surface area contributed by atoms with Gasteiger partial charge in [0, 0.05) is 33.4 Å². The van der Waals surface area contributed by atoms with Gasteiger partial charge in [0.05, 0.1) is 6.54 Å². The van der Waals surface area contributed by atoms with Crippen LogP contribution in [0.1, 0.15) is 30.4 Å². The second kappa shape index (κ2) is 9.04. The van der Waals surface area contributed by atoms with Gasteiger partial charge in [0.25, 0.3) is 0 Å². The minimum absolute atomic E-state index is 0.252. The zero-order chi connectivity index (χ0) is 16.7. The monoisotopic (exact) mass is 318 g/mol. The molecule has 1 aliphatic rings. The van der Waals surface area contributed by atoms with Crippen molar-refractivity contribution >= 4 is 5.91 Å². The Morgan fingerprint density at radius 1 is 1.35 bits per heavy atom. The maximum absolute atomic E-state index is 12.5. The highest BCUT2D eigenvalue weighted by Crippen LogP contribution is 2.20. The Kier molecular flexibility index (Phi) is 7.06. The lowest BCUT2D eigenvalue weighted by molar-refractivity contribution is -0.134. The van der Waals surface area contributed by atoms with Crippen LogP contribution in [0.3, 0.4) is 0 Å². The lowest BCUT2D eigenvalue weighted by Crippen LogP contribution is -2.44. The van der Waals surface area contributed by atoms with E-state index < -0.39 is 0 Å². The number of likely N-dealkylation sites (tertiary alicyclic amines) is 1. The van der Waals surface area contributed by atoms with Gasteiger partial charge in [-0.2, -0.15) is 0 Å². The van der Waals surface area contributed by atoms with Gasteiger partial charge in [-0.15, -0.1) is 0 Å². The Balaban J connectivity index is 1.79. The zero-order valence-electron chi connectivity index (χ0n) is 14.8. The number of aryl methyl sites for hydroxylation is 1. The van der Waals surface area contributed by atoms with E-state index in [0.717, 1.165) is 39.1 Å². The number of piperidine rings is 1. The molecular formula is C19H30N2O2. The van der Waals surface area contributed by atoms with Gasteiger partial charge in [-0.1, -0.05) is 29.8 Å². The molecule has 0 spiro atoms. The zero-order valence-corrected chi connectivity index (χ0v) is 14.8. The summed E-state index contributed by atoms with van der Waals surface area (Å²) in [6, 6.07) is 8.52. The fourth-order valence-electron chi connectivity index (χ4n) is 3.20. The number of ether oxygens (including phenoxy) is 1. The molecule has 1 atom stereocenters. The summed E-state index contributed by atoms with van der Waals surface area (Å²) in [6.45, 7) is 5.98. The van der Waals surface area contributed by atoms with E-state index in [1.54, 1.807) is 7.11 Å². The molecule has 2 rings (SSSR count). The number of likely N-dealkylation sites (N-methyl/N-ethyl adjacent to an activating group) is 1. The third-order valence-electron chi connectivity index (χ3n) is 4.58. The minimum atomic E-state index is 0.252. The maximum atomic E-state index is 12.5. The number of carbonyl (C=O) groups excluding carboxylic acids is 1. The molecule has 1 heterocycles. The van der Waals surface area contributed by atoms with Crippen molar-refractivity contribution in [2.75, 3.05) is 40.4 Å². The Bertz CT molecular complexity index is 487. The third-order valence-corrected chi connectivity index (χ3v) is 4.58. The molecule has 1 saturated heterocycles. The molecular weight excluding hydrogens is 288 g/mol. The molecule has 4 heteroatoms. The van der Waals surface area contributed by atoms with Crippen LogP contribution < -0.4 is 0 Å². The fraction of sp³-hybridized carbons (Fsp3) is 0.632. The largest absolute Gasteiger partial charge is 0.385 e. The molecule has 0 saturated carbocycles. The van der Waals surface area contributed by atoms with Gasteiger partial charge in [-0.05, 0) is 44.7 Å². The molecule has 0 aromatic heterocycles. The van der Waals surface area contributed by atoms with E-state index in [2.05, 4.69) is 36.1 Å². The maximum Gasteiger partial charge on any atom is 0.236 e. The molecule has 0 radical (unpaired) electrons. The summed E-state index contributed by atoms with van der Waals surface area (Å²) in [5, 5.41) is 0. The van der Waals surface area contributed by atoms with Crippen molar-refractivity contribution in [2.45, 2.75) is 32.7 Å². The van der Waals surface area contributed by atoms with Gasteiger partial charge in [0.1, 0.15) is 0 Å². The first-order valence-electron chi connectivity index (χ1n) is 8.59. The van der Waals surface area contributed by atoms with Gasteiger partial charge in [-0.25, -0.2) is 0 Å². The highest BCUT2D eigenvalue weighted by molar-refractivity contribution is 5.78. The molecule has 128 valence electrons. The van der Waals surface area contributed by atoms with Crippen molar-refractivity contribution in [1.82, 2.24) is 9.80 Å². The van der Waals surface area contributed by atoms with Gasteiger partial charge >= 0.3 is 0 Å². The Morgan fingerprint density at radius 2 is 2.09 bits per heavy atom. The van der Waals surface area contributed by atoms with Crippen LogP contribution in [0.25, 0.3) is 0 Å². The van der Waals surface area contributed by atoms with Crippen molar-refractivity contribution in [3.8, 4) is 0 Å². The molecule has 0 unspecified atom stereocenters. The van der Waals surface area contributed by atoms with Gasteiger partial charge < -0.3 is 9.64 Å². The van der Waals surface area contributed by atoms with Crippen LogP contribution in [0.4, 0.5) is 0 Å². The molecule has 1 aromatic carbocycles. The van der Waals surface area contributed by atoms with Crippen LogP contribution in [-0.4, -0.2) is 56.1 Å². The van der Waals surface area contributed by atoms with Crippen molar-refractivity contribution in [1.29, 1.82) is 0 Å². The summed E-state index contributed by atoms with van der Waals surface area (Å²) in [6.07, 6.45) is 3.38. The predicted molar refractivity (Wildman–Crippen MR) is 93.3 cm³/mol. The molecule has 0 aliphatic carbocycles. The first-order chi connectivity index (χ1) is 11.1. The molecule has 1 amide bonds. The van der Waals surface area contributed by atoms with Crippen LogP contribution in [0.2, 0.25) is 0 Å². The SMILES string of the molecule is COCC[C@H]1CCCN(C(=O)CN(C)Cc2ccc(C)cc2)C1. The number of nitrogens with zero attached hydrogens (tertiary/aromatic N) is 2. The van der Waals surface area contributed by atoms with Crippen molar-refractivity contribution in [3.05, 3.63) is 35.4 Å². The number of methoxy groups -OCH3 is 1. The predicted octanol–water partition coefficient (Wildman–Crippen LogP) is 2.70. The highest BCUT2D eigenvalue weighted by atomic mass is 16.5. The quantitative estimate of drug-likeness (QED) is 0.775. The highest BCUT2D eigenvalue weighted by Gasteiger charge is 2.23. The van der Waals surface area contributed by atoms with Crippen LogP contribution in [0.15, 0.2) is 24.3 Å². The van der Waals surface area contributed by atoms with E-state index in [1.807, 2.05) is 11.9 Å². The van der Waals surface area contributed by atoms with Gasteiger partial charge in [-0.3, -0.25) is 9.69 Å². The Hall–Kier alpha value is -1.39. The Labute approximate surface area is 140 Å². The third kappa shape index (κ3) is 5.96. The summed E-state index contributed by atoms with van der Waals surface area (Å²) in [7, 11) is 3.76. The fourth-order valence-corrected chi connectivity index (χ4v) is 3.20. The van der Waals surface area contributed by atoms with E-state index in [0.29, 0.717) is 12.5 Å². The average Bonchev–Trinajstić information content (AvgIpc) is 2.55.